The Morgan fingerprint density at radius 2 is 2.33 bits per heavy atom. The highest BCUT2D eigenvalue weighted by molar-refractivity contribution is 7.99. The average Bonchev–Trinajstić information content (AvgIpc) is 2.88. The fraction of sp³-hybridized carbons (Fsp3) is 1.00. The third-order valence-electron chi connectivity index (χ3n) is 3.32. The zero-order valence-corrected chi connectivity index (χ0v) is 8.75. The van der Waals surface area contributed by atoms with E-state index in [0.717, 1.165) is 5.92 Å². The van der Waals surface area contributed by atoms with E-state index in [4.69, 9.17) is 0 Å². The van der Waals surface area contributed by atoms with Gasteiger partial charge in [-0.05, 0) is 56.6 Å². The van der Waals surface area contributed by atoms with E-state index in [-0.39, 0.29) is 0 Å². The predicted octanol–water partition coefficient (Wildman–Crippen LogP) is 2.27. The van der Waals surface area contributed by atoms with Crippen LogP contribution in [-0.2, 0) is 0 Å². The lowest BCUT2D eigenvalue weighted by atomic mass is 9.95. The van der Waals surface area contributed by atoms with Crippen LogP contribution in [0.25, 0.3) is 0 Å². The quantitative estimate of drug-likeness (QED) is 0.724. The van der Waals surface area contributed by atoms with Gasteiger partial charge in [-0.1, -0.05) is 0 Å². The molecule has 12 heavy (non-hydrogen) atoms. The molecule has 0 spiro atoms. The molecule has 1 aliphatic carbocycles. The highest BCUT2D eigenvalue weighted by atomic mass is 32.2. The number of thioether (sulfide) groups is 1. The van der Waals surface area contributed by atoms with Crippen molar-refractivity contribution in [1.82, 2.24) is 5.32 Å². The molecule has 0 aromatic rings. The average molecular weight is 185 g/mol. The van der Waals surface area contributed by atoms with Crippen LogP contribution in [-0.4, -0.2) is 24.1 Å². The van der Waals surface area contributed by atoms with Crippen molar-refractivity contribution in [2.24, 2.45) is 5.92 Å². The maximum Gasteiger partial charge on any atom is 0.0182 e. The second kappa shape index (κ2) is 3.59. The molecule has 1 saturated carbocycles. The van der Waals surface area contributed by atoms with Crippen molar-refractivity contribution in [2.75, 3.05) is 18.6 Å². The normalized spacial score (nSPS) is 33.2. The zero-order valence-electron chi connectivity index (χ0n) is 7.94. The Morgan fingerprint density at radius 1 is 1.50 bits per heavy atom. The van der Waals surface area contributed by atoms with Gasteiger partial charge >= 0.3 is 0 Å². The number of hydrogen-bond donors (Lipinski definition) is 1. The summed E-state index contributed by atoms with van der Waals surface area (Å²) in [5, 5.41) is 3.49. The number of rotatable bonds is 3. The molecule has 2 rings (SSSR count). The fourth-order valence-corrected chi connectivity index (χ4v) is 3.38. The molecule has 1 saturated heterocycles. The molecule has 0 aromatic heterocycles. The third kappa shape index (κ3) is 1.97. The van der Waals surface area contributed by atoms with Crippen molar-refractivity contribution in [3.63, 3.8) is 0 Å². The van der Waals surface area contributed by atoms with Gasteiger partial charge < -0.3 is 5.32 Å². The molecule has 1 N–H and O–H groups in total. The molecule has 2 heteroatoms. The summed E-state index contributed by atoms with van der Waals surface area (Å²) in [5.74, 6) is 3.84. The van der Waals surface area contributed by atoms with Crippen molar-refractivity contribution >= 4 is 11.8 Å². The van der Waals surface area contributed by atoms with E-state index >= 15 is 0 Å². The molecule has 2 fully saturated rings. The minimum absolute atomic E-state index is 0.586. The Hall–Kier alpha value is 0.310. The molecular weight excluding hydrogens is 166 g/mol. The van der Waals surface area contributed by atoms with Gasteiger partial charge in [0.1, 0.15) is 0 Å². The van der Waals surface area contributed by atoms with Crippen LogP contribution in [0.3, 0.4) is 0 Å². The molecule has 0 bridgehead atoms. The minimum atomic E-state index is 0.586. The topological polar surface area (TPSA) is 12.0 Å². The molecular formula is C10H19NS. The van der Waals surface area contributed by atoms with Crippen LogP contribution in [0.1, 0.15) is 32.1 Å². The van der Waals surface area contributed by atoms with Crippen molar-refractivity contribution in [3.8, 4) is 0 Å². The monoisotopic (exact) mass is 185 g/mol. The Balaban J connectivity index is 1.77. The van der Waals surface area contributed by atoms with Crippen LogP contribution in [0.2, 0.25) is 0 Å². The lowest BCUT2D eigenvalue weighted by molar-refractivity contribution is 0.386. The maximum absolute atomic E-state index is 3.49. The van der Waals surface area contributed by atoms with Gasteiger partial charge in [0.15, 0.2) is 0 Å². The van der Waals surface area contributed by atoms with E-state index in [1.54, 1.807) is 0 Å². The third-order valence-corrected chi connectivity index (χ3v) is 4.60. The first-order valence-corrected chi connectivity index (χ1v) is 6.27. The molecule has 1 unspecified atom stereocenters. The fourth-order valence-electron chi connectivity index (χ4n) is 2.23. The van der Waals surface area contributed by atoms with Crippen LogP contribution in [0, 0.1) is 5.92 Å². The first kappa shape index (κ1) is 8.89. The Labute approximate surface area is 79.7 Å². The van der Waals surface area contributed by atoms with Gasteiger partial charge in [-0.3, -0.25) is 0 Å². The molecule has 1 aliphatic heterocycles. The summed E-state index contributed by atoms with van der Waals surface area (Å²) in [6.07, 6.45) is 7.22. The second-order valence-electron chi connectivity index (χ2n) is 4.32. The first-order chi connectivity index (χ1) is 5.85. The molecule has 0 aromatic carbocycles. The summed E-state index contributed by atoms with van der Waals surface area (Å²) in [5.41, 5.74) is 0.586. The number of hydrogen-bond acceptors (Lipinski definition) is 2. The van der Waals surface area contributed by atoms with E-state index in [0.29, 0.717) is 5.54 Å². The zero-order chi connectivity index (χ0) is 8.44. The largest absolute Gasteiger partial charge is 0.314 e. The molecule has 1 atom stereocenters. The minimum Gasteiger partial charge on any atom is -0.314 e. The van der Waals surface area contributed by atoms with Crippen molar-refractivity contribution in [2.45, 2.75) is 37.6 Å². The summed E-state index contributed by atoms with van der Waals surface area (Å²) >= 11 is 2.15. The molecule has 0 radical (unpaired) electrons. The van der Waals surface area contributed by atoms with Crippen LogP contribution in [0.15, 0.2) is 0 Å². The summed E-state index contributed by atoms with van der Waals surface area (Å²) in [6, 6.07) is 0. The first-order valence-electron chi connectivity index (χ1n) is 5.11. The summed E-state index contributed by atoms with van der Waals surface area (Å²) in [7, 11) is 2.13. The Morgan fingerprint density at radius 3 is 2.83 bits per heavy atom. The van der Waals surface area contributed by atoms with Gasteiger partial charge in [0.25, 0.3) is 0 Å². The summed E-state index contributed by atoms with van der Waals surface area (Å²) in [6.45, 7) is 0. The van der Waals surface area contributed by atoms with Gasteiger partial charge in [0.05, 0.1) is 0 Å². The van der Waals surface area contributed by atoms with Crippen molar-refractivity contribution < 1.29 is 0 Å². The molecule has 70 valence electrons. The number of nitrogens with one attached hydrogen (secondary N) is 1. The van der Waals surface area contributed by atoms with E-state index in [1.165, 1.54) is 43.6 Å². The smallest absolute Gasteiger partial charge is 0.0182 e. The maximum atomic E-state index is 3.49. The van der Waals surface area contributed by atoms with E-state index in [1.807, 2.05) is 0 Å². The van der Waals surface area contributed by atoms with Crippen LogP contribution < -0.4 is 5.32 Å². The van der Waals surface area contributed by atoms with Crippen molar-refractivity contribution in [1.29, 1.82) is 0 Å². The van der Waals surface area contributed by atoms with E-state index in [9.17, 15) is 0 Å². The van der Waals surface area contributed by atoms with Gasteiger partial charge in [0.2, 0.25) is 0 Å². The predicted molar refractivity (Wildman–Crippen MR) is 55.7 cm³/mol. The van der Waals surface area contributed by atoms with E-state index in [2.05, 4.69) is 24.1 Å². The van der Waals surface area contributed by atoms with Gasteiger partial charge in [-0.25, -0.2) is 0 Å². The Kier molecular flexibility index (Phi) is 2.66. The van der Waals surface area contributed by atoms with Gasteiger partial charge in [0, 0.05) is 5.54 Å². The lowest BCUT2D eigenvalue weighted by Crippen LogP contribution is -2.31. The van der Waals surface area contributed by atoms with Crippen molar-refractivity contribution in [3.05, 3.63) is 0 Å². The second-order valence-corrected chi connectivity index (χ2v) is 5.47. The van der Waals surface area contributed by atoms with Crippen LogP contribution in [0.4, 0.5) is 0 Å². The Bertz CT molecular complexity index is 148. The van der Waals surface area contributed by atoms with E-state index < -0.39 is 0 Å². The summed E-state index contributed by atoms with van der Waals surface area (Å²) in [4.78, 5) is 0. The molecule has 1 nitrogen and oxygen atoms in total. The standard InChI is InChI=1S/C10H19NS/c1-11-10(4-5-10)7-9-3-2-6-12-8-9/h9,11H,2-8H2,1H3. The lowest BCUT2D eigenvalue weighted by Gasteiger charge is -2.25. The SMILES string of the molecule is CNC1(CC2CCCSC2)CC1. The van der Waals surface area contributed by atoms with Gasteiger partial charge in [-0.2, -0.15) is 11.8 Å². The molecule has 1 heterocycles. The summed E-state index contributed by atoms with van der Waals surface area (Å²) < 4.78 is 0. The highest BCUT2D eigenvalue weighted by Crippen LogP contribution is 2.43. The van der Waals surface area contributed by atoms with Gasteiger partial charge in [-0.15, -0.1) is 0 Å². The van der Waals surface area contributed by atoms with Crippen LogP contribution in [0.5, 0.6) is 0 Å². The molecule has 0 amide bonds. The molecule has 2 aliphatic rings. The van der Waals surface area contributed by atoms with Crippen LogP contribution >= 0.6 is 11.8 Å². The highest BCUT2D eigenvalue weighted by Gasteiger charge is 2.42.